The Kier molecular flexibility index (Phi) is 6.19. The first-order valence-electron chi connectivity index (χ1n) is 9.35. The van der Waals surface area contributed by atoms with E-state index in [0.717, 1.165) is 25.2 Å². The number of sulfonamides is 1. The van der Waals surface area contributed by atoms with Gasteiger partial charge in [0.05, 0.1) is 12.0 Å². The van der Waals surface area contributed by atoms with Crippen LogP contribution in [0.1, 0.15) is 35.1 Å². The molecule has 1 heterocycles. The van der Waals surface area contributed by atoms with Gasteiger partial charge in [-0.25, -0.2) is 13.1 Å². The number of nitrogens with zero attached hydrogens (tertiary/aromatic N) is 1. The van der Waals surface area contributed by atoms with Crippen LogP contribution in [-0.2, 0) is 23.1 Å². The van der Waals surface area contributed by atoms with Gasteiger partial charge in [-0.15, -0.1) is 0 Å². The first kappa shape index (κ1) is 19.9. The van der Waals surface area contributed by atoms with Crippen LogP contribution in [-0.4, -0.2) is 33.5 Å². The third-order valence-electron chi connectivity index (χ3n) is 5.10. The van der Waals surface area contributed by atoms with Crippen LogP contribution in [0.15, 0.2) is 41.3 Å². The van der Waals surface area contributed by atoms with Gasteiger partial charge < -0.3 is 4.74 Å². The molecule has 0 saturated carbocycles. The van der Waals surface area contributed by atoms with E-state index in [2.05, 4.69) is 15.7 Å². The van der Waals surface area contributed by atoms with E-state index in [1.54, 1.807) is 33.1 Å². The Morgan fingerprint density at radius 1 is 1.04 bits per heavy atom. The van der Waals surface area contributed by atoms with Gasteiger partial charge in [-0.2, -0.15) is 0 Å². The summed E-state index contributed by atoms with van der Waals surface area (Å²) in [5, 5.41) is 0. The summed E-state index contributed by atoms with van der Waals surface area (Å²) < 4.78 is 33.9. The Hall–Kier alpha value is -1.89. The minimum atomic E-state index is -3.61. The largest absolute Gasteiger partial charge is 0.497 e. The highest BCUT2D eigenvalue weighted by atomic mass is 32.2. The van der Waals surface area contributed by atoms with Gasteiger partial charge >= 0.3 is 0 Å². The van der Waals surface area contributed by atoms with Crippen molar-refractivity contribution >= 4 is 10.0 Å². The van der Waals surface area contributed by atoms with Gasteiger partial charge in [0.1, 0.15) is 5.75 Å². The highest BCUT2D eigenvalue weighted by Gasteiger charge is 2.21. The maximum Gasteiger partial charge on any atom is 0.241 e. The molecule has 1 saturated heterocycles. The molecule has 1 aliphatic heterocycles. The van der Waals surface area contributed by atoms with Crippen molar-refractivity contribution in [2.24, 2.45) is 0 Å². The Morgan fingerprint density at radius 3 is 2.22 bits per heavy atom. The third-order valence-corrected chi connectivity index (χ3v) is 6.81. The van der Waals surface area contributed by atoms with Crippen molar-refractivity contribution in [3.8, 4) is 5.75 Å². The number of aryl methyl sites for hydroxylation is 2. The second kappa shape index (κ2) is 8.42. The van der Waals surface area contributed by atoms with Crippen molar-refractivity contribution in [1.82, 2.24) is 9.62 Å². The number of ether oxygens (including phenoxy) is 1. The lowest BCUT2D eigenvalue weighted by Crippen LogP contribution is -2.26. The summed E-state index contributed by atoms with van der Waals surface area (Å²) in [7, 11) is -2.03. The van der Waals surface area contributed by atoms with Crippen LogP contribution in [0.2, 0.25) is 0 Å². The van der Waals surface area contributed by atoms with E-state index in [0.29, 0.717) is 21.8 Å². The summed E-state index contributed by atoms with van der Waals surface area (Å²) in [6, 6.07) is 11.6. The van der Waals surface area contributed by atoms with Gasteiger partial charge in [-0.3, -0.25) is 4.90 Å². The standard InChI is InChI=1S/C21H28N2O3S/c1-16-12-20(26-3)13-17(2)21(16)27(24,25)22-14-18-8-4-5-9-19(18)15-23-10-6-7-11-23/h4-5,8-9,12-13,22H,6-7,10-11,14-15H2,1-3H3. The topological polar surface area (TPSA) is 58.6 Å². The molecule has 2 aromatic carbocycles. The molecule has 1 N–H and O–H groups in total. The lowest BCUT2D eigenvalue weighted by molar-refractivity contribution is 0.330. The molecule has 3 rings (SSSR count). The summed E-state index contributed by atoms with van der Waals surface area (Å²) in [5.74, 6) is 0.667. The van der Waals surface area contributed by atoms with Crippen LogP contribution in [0.3, 0.4) is 0 Å². The highest BCUT2D eigenvalue weighted by Crippen LogP contribution is 2.26. The predicted octanol–water partition coefficient (Wildman–Crippen LogP) is 3.39. The van der Waals surface area contributed by atoms with E-state index < -0.39 is 10.0 Å². The van der Waals surface area contributed by atoms with E-state index in [4.69, 9.17) is 4.74 Å². The summed E-state index contributed by atoms with van der Waals surface area (Å²) in [4.78, 5) is 2.76. The van der Waals surface area contributed by atoms with E-state index in [-0.39, 0.29) is 6.54 Å². The SMILES string of the molecule is COc1cc(C)c(S(=O)(=O)NCc2ccccc2CN2CCCC2)c(C)c1. The number of nitrogens with one attached hydrogen (secondary N) is 1. The fourth-order valence-corrected chi connectivity index (χ4v) is 5.22. The minimum Gasteiger partial charge on any atom is -0.497 e. The van der Waals surface area contributed by atoms with Crippen molar-refractivity contribution in [3.05, 3.63) is 58.7 Å². The lowest BCUT2D eigenvalue weighted by Gasteiger charge is -2.18. The van der Waals surface area contributed by atoms with Gasteiger partial charge in [0.25, 0.3) is 0 Å². The first-order valence-corrected chi connectivity index (χ1v) is 10.8. The zero-order chi connectivity index (χ0) is 19.4. The number of hydrogen-bond acceptors (Lipinski definition) is 4. The third kappa shape index (κ3) is 4.69. The second-order valence-electron chi connectivity index (χ2n) is 7.17. The number of rotatable bonds is 7. The molecule has 1 fully saturated rings. The molecule has 0 unspecified atom stereocenters. The molecule has 0 radical (unpaired) electrons. The van der Waals surface area contributed by atoms with Crippen LogP contribution < -0.4 is 9.46 Å². The highest BCUT2D eigenvalue weighted by molar-refractivity contribution is 7.89. The average molecular weight is 389 g/mol. The second-order valence-corrected chi connectivity index (χ2v) is 8.87. The summed E-state index contributed by atoms with van der Waals surface area (Å²) >= 11 is 0. The Labute approximate surface area is 162 Å². The zero-order valence-electron chi connectivity index (χ0n) is 16.3. The van der Waals surface area contributed by atoms with Gasteiger partial charge in [0.2, 0.25) is 10.0 Å². The summed E-state index contributed by atoms with van der Waals surface area (Å²) in [6.45, 7) is 6.99. The van der Waals surface area contributed by atoms with E-state index in [1.807, 2.05) is 18.2 Å². The predicted molar refractivity (Wildman–Crippen MR) is 107 cm³/mol. The fourth-order valence-electron chi connectivity index (χ4n) is 3.76. The van der Waals surface area contributed by atoms with Crippen LogP contribution in [0.5, 0.6) is 5.75 Å². The van der Waals surface area contributed by atoms with Crippen LogP contribution in [0, 0.1) is 13.8 Å². The molecule has 5 nitrogen and oxygen atoms in total. The Bertz CT molecular complexity index is 880. The minimum absolute atomic E-state index is 0.289. The van der Waals surface area contributed by atoms with Gasteiger partial charge in [-0.1, -0.05) is 24.3 Å². The van der Waals surface area contributed by atoms with E-state index in [1.165, 1.54) is 18.4 Å². The average Bonchev–Trinajstić information content (AvgIpc) is 3.13. The van der Waals surface area contributed by atoms with Crippen molar-refractivity contribution in [1.29, 1.82) is 0 Å². The zero-order valence-corrected chi connectivity index (χ0v) is 17.1. The smallest absolute Gasteiger partial charge is 0.241 e. The number of benzene rings is 2. The van der Waals surface area contributed by atoms with Crippen LogP contribution >= 0.6 is 0 Å². The van der Waals surface area contributed by atoms with Crippen molar-refractivity contribution in [3.63, 3.8) is 0 Å². The van der Waals surface area contributed by atoms with Crippen LogP contribution in [0.25, 0.3) is 0 Å². The van der Waals surface area contributed by atoms with E-state index in [9.17, 15) is 8.42 Å². The fraction of sp³-hybridized carbons (Fsp3) is 0.429. The first-order chi connectivity index (χ1) is 12.9. The van der Waals surface area contributed by atoms with Crippen molar-refractivity contribution in [2.75, 3.05) is 20.2 Å². The summed E-state index contributed by atoms with van der Waals surface area (Å²) in [5.41, 5.74) is 3.58. The molecule has 0 aromatic heterocycles. The van der Waals surface area contributed by atoms with Gasteiger partial charge in [0, 0.05) is 13.1 Å². The van der Waals surface area contributed by atoms with Crippen LogP contribution in [0.4, 0.5) is 0 Å². The number of hydrogen-bond donors (Lipinski definition) is 1. The molecule has 0 aliphatic carbocycles. The molecular weight excluding hydrogens is 360 g/mol. The molecule has 2 aromatic rings. The van der Waals surface area contributed by atoms with Gasteiger partial charge in [0.15, 0.2) is 0 Å². The molecule has 0 atom stereocenters. The molecule has 1 aliphatic rings. The van der Waals surface area contributed by atoms with Gasteiger partial charge in [-0.05, 0) is 74.2 Å². The van der Waals surface area contributed by atoms with Crippen molar-refractivity contribution in [2.45, 2.75) is 44.7 Å². The molecular formula is C21H28N2O3S. The molecule has 0 spiro atoms. The molecule has 27 heavy (non-hydrogen) atoms. The number of likely N-dealkylation sites (tertiary alicyclic amines) is 1. The summed E-state index contributed by atoms with van der Waals surface area (Å²) in [6.07, 6.45) is 2.48. The lowest BCUT2D eigenvalue weighted by atomic mass is 10.1. The quantitative estimate of drug-likeness (QED) is 0.790. The Morgan fingerprint density at radius 2 is 1.63 bits per heavy atom. The molecule has 6 heteroatoms. The maximum atomic E-state index is 12.9. The normalized spacial score (nSPS) is 15.2. The maximum absolute atomic E-state index is 12.9. The monoisotopic (exact) mass is 388 g/mol. The molecule has 0 bridgehead atoms. The Balaban J connectivity index is 1.78. The van der Waals surface area contributed by atoms with E-state index >= 15 is 0 Å². The number of methoxy groups -OCH3 is 1. The van der Waals surface area contributed by atoms with Crippen molar-refractivity contribution < 1.29 is 13.2 Å². The molecule has 0 amide bonds. The molecule has 146 valence electrons.